The Balaban J connectivity index is 1.61. The van der Waals surface area contributed by atoms with E-state index in [4.69, 9.17) is 28.2 Å². The summed E-state index contributed by atoms with van der Waals surface area (Å²) in [5.41, 5.74) is 4.57. The molecule has 0 bridgehead atoms. The molecular formula is C27H22BrCl2N3O2. The van der Waals surface area contributed by atoms with Crippen LogP contribution >= 0.6 is 39.1 Å². The Morgan fingerprint density at radius 1 is 1.06 bits per heavy atom. The van der Waals surface area contributed by atoms with E-state index in [1.54, 1.807) is 12.1 Å². The minimum Gasteiger partial charge on any atom is -0.468 e. The Morgan fingerprint density at radius 2 is 1.80 bits per heavy atom. The molecular weight excluding hydrogens is 549 g/mol. The summed E-state index contributed by atoms with van der Waals surface area (Å²) in [5, 5.41) is 4.17. The highest BCUT2D eigenvalue weighted by Crippen LogP contribution is 2.30. The van der Waals surface area contributed by atoms with Crippen LogP contribution in [0.25, 0.3) is 23.4 Å². The van der Waals surface area contributed by atoms with Crippen LogP contribution < -0.4 is 5.32 Å². The fourth-order valence-electron chi connectivity index (χ4n) is 3.43. The van der Waals surface area contributed by atoms with Gasteiger partial charge in [-0.15, -0.1) is 0 Å². The number of halogens is 3. The van der Waals surface area contributed by atoms with E-state index >= 15 is 0 Å². The molecule has 0 saturated carbocycles. The number of hydrogen-bond donors (Lipinski definition) is 1. The first-order valence-corrected chi connectivity index (χ1v) is 12.3. The number of nitrogens with zero attached hydrogens (tertiary/aromatic N) is 2. The van der Waals surface area contributed by atoms with Crippen molar-refractivity contribution in [3.8, 4) is 11.3 Å². The number of methoxy groups -OCH3 is 1. The number of anilines is 1. The lowest BCUT2D eigenvalue weighted by molar-refractivity contribution is -0.138. The molecule has 0 fully saturated rings. The summed E-state index contributed by atoms with van der Waals surface area (Å²) in [6.07, 6.45) is 6.00. The summed E-state index contributed by atoms with van der Waals surface area (Å²) in [5.74, 6) is 0.477. The largest absolute Gasteiger partial charge is 0.468 e. The van der Waals surface area contributed by atoms with Crippen molar-refractivity contribution in [2.45, 2.75) is 6.54 Å². The molecule has 0 aliphatic heterocycles. The maximum Gasteiger partial charge on any atom is 0.325 e. The van der Waals surface area contributed by atoms with Gasteiger partial charge in [-0.25, -0.2) is 4.98 Å². The van der Waals surface area contributed by atoms with Gasteiger partial charge in [0.2, 0.25) is 0 Å². The Hall–Kier alpha value is -3.06. The molecule has 0 amide bonds. The van der Waals surface area contributed by atoms with E-state index in [0.29, 0.717) is 16.6 Å². The lowest BCUT2D eigenvalue weighted by Gasteiger charge is -2.08. The second-order valence-corrected chi connectivity index (χ2v) is 9.51. The second kappa shape index (κ2) is 11.6. The van der Waals surface area contributed by atoms with Gasteiger partial charge in [-0.2, -0.15) is 0 Å². The number of hydrogen-bond acceptors (Lipinski definition) is 4. The Morgan fingerprint density at radius 3 is 2.49 bits per heavy atom. The molecule has 5 nitrogen and oxygen atoms in total. The third-order valence-corrected chi connectivity index (χ3v) is 6.36. The first-order valence-electron chi connectivity index (χ1n) is 10.8. The first-order chi connectivity index (χ1) is 16.9. The van der Waals surface area contributed by atoms with Gasteiger partial charge in [-0.05, 0) is 59.7 Å². The summed E-state index contributed by atoms with van der Waals surface area (Å²) in [6.45, 7) is 0.725. The molecule has 0 unspecified atom stereocenters. The molecule has 1 N–H and O–H groups in total. The normalized spacial score (nSPS) is 11.1. The van der Waals surface area contributed by atoms with Crippen LogP contribution in [0.15, 0.2) is 77.4 Å². The smallest absolute Gasteiger partial charge is 0.325 e. The van der Waals surface area contributed by atoms with Crippen LogP contribution in [-0.4, -0.2) is 29.2 Å². The second-order valence-electron chi connectivity index (χ2n) is 7.75. The highest BCUT2D eigenvalue weighted by Gasteiger charge is 2.12. The lowest BCUT2D eigenvalue weighted by atomic mass is 10.1. The van der Waals surface area contributed by atoms with E-state index in [2.05, 4.69) is 30.6 Å². The summed E-state index contributed by atoms with van der Waals surface area (Å²) >= 11 is 16.0. The fraction of sp³-hybridized carbons (Fsp3) is 0.111. The van der Waals surface area contributed by atoms with Crippen molar-refractivity contribution in [2.75, 3.05) is 19.0 Å². The van der Waals surface area contributed by atoms with Crippen molar-refractivity contribution in [3.63, 3.8) is 0 Å². The van der Waals surface area contributed by atoms with Gasteiger partial charge < -0.3 is 14.6 Å². The summed E-state index contributed by atoms with van der Waals surface area (Å²) in [6, 6.07) is 21.4. The number of esters is 1. The van der Waals surface area contributed by atoms with Crippen molar-refractivity contribution in [2.24, 2.45) is 0 Å². The maximum atomic E-state index is 11.4. The Kier molecular flexibility index (Phi) is 8.29. The monoisotopic (exact) mass is 569 g/mol. The molecule has 0 radical (unpaired) electrons. The average Bonchev–Trinajstić information content (AvgIpc) is 3.25. The molecule has 0 saturated heterocycles. The third-order valence-electron chi connectivity index (χ3n) is 5.28. The number of rotatable bonds is 8. The molecule has 3 aromatic carbocycles. The van der Waals surface area contributed by atoms with E-state index in [0.717, 1.165) is 38.4 Å². The van der Waals surface area contributed by atoms with Crippen LogP contribution in [0, 0.1) is 0 Å². The highest BCUT2D eigenvalue weighted by atomic mass is 79.9. The standard InChI is InChI=1S/C27H22BrCl2N3O2/c1-35-27(34)15-31-22-10-4-19(5-11-22)16-33-17-25(23-12-9-21(29)14-24(23)30)32-26(33)13-6-18-2-7-20(28)8-3-18/h2-14,17,31H,15-16H2,1H3/b13-6+. The first kappa shape index (κ1) is 25.0. The Labute approximate surface area is 222 Å². The molecule has 0 spiro atoms. The van der Waals surface area contributed by atoms with Gasteiger partial charge in [0.1, 0.15) is 12.4 Å². The molecule has 1 heterocycles. The zero-order chi connectivity index (χ0) is 24.8. The SMILES string of the molecule is COC(=O)CNc1ccc(Cn2cc(-c3ccc(Cl)cc3Cl)nc2/C=C/c2ccc(Br)cc2)cc1. The molecule has 0 atom stereocenters. The lowest BCUT2D eigenvalue weighted by Crippen LogP contribution is -2.14. The minimum atomic E-state index is -0.317. The van der Waals surface area contributed by atoms with Crippen LogP contribution in [-0.2, 0) is 16.1 Å². The number of nitrogens with one attached hydrogen (secondary N) is 1. The molecule has 8 heteroatoms. The van der Waals surface area contributed by atoms with Crippen LogP contribution in [0.1, 0.15) is 17.0 Å². The van der Waals surface area contributed by atoms with Crippen LogP contribution in [0.5, 0.6) is 0 Å². The Bertz CT molecular complexity index is 1350. The maximum absolute atomic E-state index is 11.4. The van der Waals surface area contributed by atoms with Crippen molar-refractivity contribution in [3.05, 3.63) is 104 Å². The van der Waals surface area contributed by atoms with Crippen molar-refractivity contribution in [1.29, 1.82) is 0 Å². The summed E-state index contributed by atoms with van der Waals surface area (Å²) < 4.78 is 7.77. The minimum absolute atomic E-state index is 0.119. The van der Waals surface area contributed by atoms with Gasteiger partial charge in [0, 0.05) is 33.5 Å². The van der Waals surface area contributed by atoms with E-state index in [1.165, 1.54) is 7.11 Å². The molecule has 1 aromatic heterocycles. The van der Waals surface area contributed by atoms with E-state index < -0.39 is 0 Å². The fourth-order valence-corrected chi connectivity index (χ4v) is 4.20. The number of carbonyl (C=O) groups excluding carboxylic acids is 1. The summed E-state index contributed by atoms with van der Waals surface area (Å²) in [4.78, 5) is 16.2. The van der Waals surface area contributed by atoms with Gasteiger partial charge in [0.25, 0.3) is 0 Å². The molecule has 4 aromatic rings. The number of imidazole rings is 1. The number of carbonyl (C=O) groups is 1. The number of benzene rings is 3. The van der Waals surface area contributed by atoms with Gasteiger partial charge in [-0.1, -0.05) is 69.5 Å². The summed E-state index contributed by atoms with van der Waals surface area (Å²) in [7, 11) is 1.37. The predicted molar refractivity (Wildman–Crippen MR) is 147 cm³/mol. The molecule has 178 valence electrons. The topological polar surface area (TPSA) is 56.1 Å². The van der Waals surface area contributed by atoms with E-state index in [1.807, 2.05) is 72.9 Å². The van der Waals surface area contributed by atoms with E-state index in [-0.39, 0.29) is 12.5 Å². The van der Waals surface area contributed by atoms with Gasteiger partial charge in [0.15, 0.2) is 0 Å². The molecule has 35 heavy (non-hydrogen) atoms. The zero-order valence-corrected chi connectivity index (χ0v) is 21.9. The molecule has 0 aliphatic carbocycles. The average molecular weight is 571 g/mol. The molecule has 0 aliphatic rings. The third kappa shape index (κ3) is 6.75. The van der Waals surface area contributed by atoms with Crippen molar-refractivity contribution < 1.29 is 9.53 Å². The van der Waals surface area contributed by atoms with Crippen LogP contribution in [0.3, 0.4) is 0 Å². The number of ether oxygens (including phenoxy) is 1. The van der Waals surface area contributed by atoms with E-state index in [9.17, 15) is 4.79 Å². The highest BCUT2D eigenvalue weighted by molar-refractivity contribution is 9.10. The van der Waals surface area contributed by atoms with Crippen molar-refractivity contribution in [1.82, 2.24) is 9.55 Å². The van der Waals surface area contributed by atoms with Crippen LogP contribution in [0.4, 0.5) is 5.69 Å². The van der Waals surface area contributed by atoms with Gasteiger partial charge >= 0.3 is 5.97 Å². The quantitative estimate of drug-likeness (QED) is 0.224. The predicted octanol–water partition coefficient (Wildman–Crippen LogP) is 7.42. The van der Waals surface area contributed by atoms with Gasteiger partial charge in [0.05, 0.1) is 17.8 Å². The molecule has 4 rings (SSSR count). The zero-order valence-electron chi connectivity index (χ0n) is 18.8. The van der Waals surface area contributed by atoms with Gasteiger partial charge in [-0.3, -0.25) is 4.79 Å². The van der Waals surface area contributed by atoms with Crippen LogP contribution in [0.2, 0.25) is 10.0 Å². The number of aromatic nitrogens is 2. The van der Waals surface area contributed by atoms with Crippen molar-refractivity contribution >= 4 is 62.9 Å².